The molecule has 1 aromatic heterocycles. The molecular weight excluding hydrogens is 380 g/mol. The van der Waals surface area contributed by atoms with Gasteiger partial charge in [0.05, 0.1) is 20.8 Å². The number of para-hydroxylation sites is 2. The van der Waals surface area contributed by atoms with Crippen LogP contribution in [0, 0.1) is 5.92 Å². The zero-order valence-electron chi connectivity index (χ0n) is 17.9. The Kier molecular flexibility index (Phi) is 6.37. The Bertz CT molecular complexity index is 836. The average Bonchev–Trinajstić information content (AvgIpc) is 3.38. The van der Waals surface area contributed by atoms with E-state index in [1.807, 2.05) is 36.5 Å². The van der Waals surface area contributed by atoms with Crippen LogP contribution in [0.1, 0.15) is 24.5 Å². The quantitative estimate of drug-likeness (QED) is 0.717. The number of rotatable bonds is 3. The summed E-state index contributed by atoms with van der Waals surface area (Å²) in [6.45, 7) is 1.78. The van der Waals surface area contributed by atoms with Gasteiger partial charge in [0.1, 0.15) is 6.10 Å². The van der Waals surface area contributed by atoms with Crippen LogP contribution in [0.4, 0.5) is 0 Å². The van der Waals surface area contributed by atoms with E-state index in [0.717, 1.165) is 23.5 Å². The van der Waals surface area contributed by atoms with Crippen LogP contribution in [0.5, 0.6) is 11.5 Å². The van der Waals surface area contributed by atoms with Crippen molar-refractivity contribution >= 4 is 0 Å². The van der Waals surface area contributed by atoms with Gasteiger partial charge in [0.25, 0.3) is 0 Å². The van der Waals surface area contributed by atoms with Crippen LogP contribution in [-0.4, -0.2) is 56.1 Å². The molecule has 0 saturated carbocycles. The van der Waals surface area contributed by atoms with Gasteiger partial charge in [-0.1, -0.05) is 24.3 Å². The van der Waals surface area contributed by atoms with Gasteiger partial charge in [-0.25, -0.2) is 0 Å². The van der Waals surface area contributed by atoms with Gasteiger partial charge in [0, 0.05) is 30.4 Å². The van der Waals surface area contributed by atoms with Gasteiger partial charge in [-0.05, 0) is 50.2 Å². The maximum absolute atomic E-state index is 6.26. The molecule has 0 N–H and O–H groups in total. The molecule has 0 bridgehead atoms. The van der Waals surface area contributed by atoms with E-state index < -0.39 is 5.79 Å². The Morgan fingerprint density at radius 3 is 2.53 bits per heavy atom. The molecule has 30 heavy (non-hydrogen) atoms. The fourth-order valence-electron chi connectivity index (χ4n) is 4.44. The number of nitrogens with zero attached hydrogens (tertiary/aromatic N) is 2. The molecule has 5 rings (SSSR count). The van der Waals surface area contributed by atoms with Crippen molar-refractivity contribution in [3.63, 3.8) is 0 Å². The van der Waals surface area contributed by atoms with Gasteiger partial charge in [-0.2, -0.15) is 0 Å². The van der Waals surface area contributed by atoms with E-state index in [4.69, 9.17) is 18.9 Å². The lowest BCUT2D eigenvalue weighted by Crippen LogP contribution is -2.42. The van der Waals surface area contributed by atoms with E-state index >= 15 is 0 Å². The summed E-state index contributed by atoms with van der Waals surface area (Å²) in [6.07, 6.45) is 10.3. The molecule has 2 fully saturated rings. The highest BCUT2D eigenvalue weighted by atomic mass is 16.7. The molecule has 3 aliphatic rings. The first-order chi connectivity index (χ1) is 14.6. The molecule has 0 radical (unpaired) electrons. The van der Waals surface area contributed by atoms with Crippen molar-refractivity contribution in [3.05, 3.63) is 66.5 Å². The lowest BCUT2D eigenvalue weighted by molar-refractivity contribution is -0.148. The van der Waals surface area contributed by atoms with Crippen molar-refractivity contribution in [2.45, 2.75) is 30.8 Å². The third-order valence-corrected chi connectivity index (χ3v) is 6.13. The van der Waals surface area contributed by atoms with Crippen LogP contribution < -0.4 is 9.47 Å². The summed E-state index contributed by atoms with van der Waals surface area (Å²) in [5.74, 6) is 1.67. The molecule has 2 aliphatic heterocycles. The molecule has 1 spiro atoms. The monoisotopic (exact) mass is 410 g/mol. The predicted molar refractivity (Wildman–Crippen MR) is 115 cm³/mol. The minimum Gasteiger partial charge on any atom is -0.493 e. The standard InChI is InChI=1S/C16H20N2O2.C8H10O2/c1-18-8-5-12-4-6-16(9-14(12)18)19-11-15(20-16)13-3-2-7-17-10-13;1-9-7-5-3-4-6-8(7)10-2/h2-4,6-7,10,12,14-15H,5,8-9,11H2,1H3;3-6H,1-2H3. The average molecular weight is 411 g/mol. The molecule has 160 valence electrons. The number of hydrogen-bond acceptors (Lipinski definition) is 6. The maximum Gasteiger partial charge on any atom is 0.190 e. The van der Waals surface area contributed by atoms with Crippen LogP contribution >= 0.6 is 0 Å². The summed E-state index contributed by atoms with van der Waals surface area (Å²) in [7, 11) is 5.45. The summed E-state index contributed by atoms with van der Waals surface area (Å²) in [4.78, 5) is 6.60. The van der Waals surface area contributed by atoms with E-state index in [1.165, 1.54) is 13.0 Å². The summed E-state index contributed by atoms with van der Waals surface area (Å²) >= 11 is 0. The lowest BCUT2D eigenvalue weighted by Gasteiger charge is -2.36. The SMILES string of the molecule is CN1CCC2C=CC3(CC21)OCC(c1cccnc1)O3.COc1ccccc1OC. The molecular formula is C24H30N2O4. The molecule has 0 amide bonds. The van der Waals surface area contributed by atoms with E-state index in [2.05, 4.69) is 35.1 Å². The van der Waals surface area contributed by atoms with Gasteiger partial charge in [0.2, 0.25) is 0 Å². The number of fused-ring (bicyclic) bond motifs is 1. The van der Waals surface area contributed by atoms with Crippen molar-refractivity contribution in [2.75, 3.05) is 34.4 Å². The van der Waals surface area contributed by atoms with E-state index in [0.29, 0.717) is 18.6 Å². The van der Waals surface area contributed by atoms with Crippen molar-refractivity contribution in [1.29, 1.82) is 0 Å². The zero-order chi connectivity index (χ0) is 21.0. The van der Waals surface area contributed by atoms with Crippen LogP contribution in [0.3, 0.4) is 0 Å². The topological polar surface area (TPSA) is 53.1 Å². The van der Waals surface area contributed by atoms with E-state index in [9.17, 15) is 0 Å². The first-order valence-corrected chi connectivity index (χ1v) is 10.4. The summed E-state index contributed by atoms with van der Waals surface area (Å²) in [6, 6.07) is 12.1. The normalized spacial score (nSPS) is 29.9. The van der Waals surface area contributed by atoms with Crippen molar-refractivity contribution in [2.24, 2.45) is 5.92 Å². The minimum atomic E-state index is -0.528. The summed E-state index contributed by atoms with van der Waals surface area (Å²) in [5.41, 5.74) is 1.10. The van der Waals surface area contributed by atoms with Crippen LogP contribution in [-0.2, 0) is 9.47 Å². The van der Waals surface area contributed by atoms with Crippen LogP contribution in [0.15, 0.2) is 60.9 Å². The number of likely N-dealkylation sites (tertiary alicyclic amines) is 1. The second-order valence-corrected chi connectivity index (χ2v) is 7.93. The van der Waals surface area contributed by atoms with Gasteiger partial charge in [0.15, 0.2) is 17.3 Å². The number of ether oxygens (including phenoxy) is 4. The highest BCUT2D eigenvalue weighted by Crippen LogP contribution is 2.44. The molecule has 2 aromatic rings. The first kappa shape index (κ1) is 20.8. The van der Waals surface area contributed by atoms with Gasteiger partial charge in [-0.15, -0.1) is 0 Å². The second kappa shape index (κ2) is 9.16. The highest BCUT2D eigenvalue weighted by molar-refractivity contribution is 5.39. The highest BCUT2D eigenvalue weighted by Gasteiger charge is 2.47. The van der Waals surface area contributed by atoms with Crippen LogP contribution in [0.25, 0.3) is 0 Å². The van der Waals surface area contributed by atoms with Crippen LogP contribution in [0.2, 0.25) is 0 Å². The van der Waals surface area contributed by atoms with Gasteiger partial charge < -0.3 is 23.8 Å². The molecule has 1 aliphatic carbocycles. The Hall–Kier alpha value is -2.41. The molecule has 1 aromatic carbocycles. The Balaban J connectivity index is 0.000000185. The molecule has 4 unspecified atom stereocenters. The maximum atomic E-state index is 6.26. The Labute approximate surface area is 178 Å². The van der Waals surface area contributed by atoms with Gasteiger partial charge in [-0.3, -0.25) is 4.98 Å². The third-order valence-electron chi connectivity index (χ3n) is 6.13. The van der Waals surface area contributed by atoms with Crippen molar-refractivity contribution in [1.82, 2.24) is 9.88 Å². The Morgan fingerprint density at radius 1 is 1.10 bits per heavy atom. The molecule has 4 atom stereocenters. The number of methoxy groups -OCH3 is 2. The number of benzene rings is 1. The first-order valence-electron chi connectivity index (χ1n) is 10.4. The largest absolute Gasteiger partial charge is 0.493 e. The predicted octanol–water partition coefficient (Wildman–Crippen LogP) is 3.85. The number of hydrogen-bond donors (Lipinski definition) is 0. The Morgan fingerprint density at radius 2 is 1.87 bits per heavy atom. The lowest BCUT2D eigenvalue weighted by atomic mass is 9.87. The zero-order valence-corrected chi connectivity index (χ0v) is 17.9. The summed E-state index contributed by atoms with van der Waals surface area (Å²) in [5, 5.41) is 0. The second-order valence-electron chi connectivity index (χ2n) is 7.93. The number of aromatic nitrogens is 1. The van der Waals surface area contributed by atoms with Crippen molar-refractivity contribution < 1.29 is 18.9 Å². The molecule has 2 saturated heterocycles. The third kappa shape index (κ3) is 4.36. The fraction of sp³-hybridized carbons (Fsp3) is 0.458. The fourth-order valence-corrected chi connectivity index (χ4v) is 4.44. The molecule has 6 heteroatoms. The van der Waals surface area contributed by atoms with E-state index in [1.54, 1.807) is 20.4 Å². The molecule has 3 heterocycles. The van der Waals surface area contributed by atoms with Gasteiger partial charge >= 0.3 is 0 Å². The smallest absolute Gasteiger partial charge is 0.190 e. The number of pyridine rings is 1. The van der Waals surface area contributed by atoms with Crippen molar-refractivity contribution in [3.8, 4) is 11.5 Å². The molecule has 6 nitrogen and oxygen atoms in total. The van der Waals surface area contributed by atoms with E-state index in [-0.39, 0.29) is 6.10 Å². The minimum absolute atomic E-state index is 0.00314. The summed E-state index contributed by atoms with van der Waals surface area (Å²) < 4.78 is 22.3.